The van der Waals surface area contributed by atoms with Gasteiger partial charge in [0.05, 0.1) is 19.4 Å². The fourth-order valence-electron chi connectivity index (χ4n) is 3.18. The minimum Gasteiger partial charge on any atom is -0.467 e. The summed E-state index contributed by atoms with van der Waals surface area (Å²) in [5.74, 6) is -1.73. The van der Waals surface area contributed by atoms with E-state index in [1.807, 2.05) is 29.9 Å². The first kappa shape index (κ1) is 23.1. The summed E-state index contributed by atoms with van der Waals surface area (Å²) in [6.45, 7) is 3.92. The van der Waals surface area contributed by atoms with Gasteiger partial charge in [0.1, 0.15) is 12.3 Å². The van der Waals surface area contributed by atoms with Gasteiger partial charge in [0.2, 0.25) is 5.91 Å². The van der Waals surface area contributed by atoms with Crippen LogP contribution in [0.15, 0.2) is 59.3 Å². The van der Waals surface area contributed by atoms with Gasteiger partial charge in [-0.3, -0.25) is 4.79 Å². The van der Waals surface area contributed by atoms with Crippen LogP contribution in [-0.4, -0.2) is 38.9 Å². The Hall–Kier alpha value is -3.62. The number of hydrogen-bond acceptors (Lipinski definition) is 3. The molecule has 0 radical (unpaired) electrons. The standard InChI is InChI=1S/C23H26F2N4O3/c1-16(2)29(23(31)26-17-8-9-20(24)21(25)12-17)15-22(30)28(14-19-7-5-11-32-19)13-18-6-4-10-27(18)3/h4-12,16H,13-15H2,1-3H3,(H,26,31). The summed E-state index contributed by atoms with van der Waals surface area (Å²) in [6, 6.07) is 9.51. The molecule has 3 amide bonds. The molecule has 0 aliphatic rings. The number of aromatic nitrogens is 1. The molecule has 0 saturated carbocycles. The molecular formula is C23H26F2N4O3. The maximum atomic E-state index is 13.5. The number of furan rings is 1. The monoisotopic (exact) mass is 444 g/mol. The first-order chi connectivity index (χ1) is 15.2. The molecule has 0 bridgehead atoms. The number of benzene rings is 1. The van der Waals surface area contributed by atoms with Crippen molar-refractivity contribution in [2.24, 2.45) is 7.05 Å². The Morgan fingerprint density at radius 3 is 2.47 bits per heavy atom. The summed E-state index contributed by atoms with van der Waals surface area (Å²) in [4.78, 5) is 29.0. The topological polar surface area (TPSA) is 70.7 Å². The number of nitrogens with zero attached hydrogens (tertiary/aromatic N) is 3. The van der Waals surface area contributed by atoms with Gasteiger partial charge in [0, 0.05) is 36.7 Å². The lowest BCUT2D eigenvalue weighted by Gasteiger charge is -2.30. The molecule has 9 heteroatoms. The number of urea groups is 1. The molecule has 3 rings (SSSR count). The first-order valence-corrected chi connectivity index (χ1v) is 10.2. The van der Waals surface area contributed by atoms with Crippen molar-refractivity contribution in [3.63, 3.8) is 0 Å². The molecule has 0 fully saturated rings. The van der Waals surface area contributed by atoms with Crippen molar-refractivity contribution in [1.29, 1.82) is 0 Å². The first-order valence-electron chi connectivity index (χ1n) is 10.2. The molecule has 0 saturated heterocycles. The quantitative estimate of drug-likeness (QED) is 0.561. The Bertz CT molecular complexity index is 1060. The molecule has 0 atom stereocenters. The lowest BCUT2D eigenvalue weighted by Crippen LogP contribution is -2.47. The van der Waals surface area contributed by atoms with Crippen LogP contribution in [0, 0.1) is 11.6 Å². The molecule has 170 valence electrons. The molecule has 1 aromatic carbocycles. The third-order valence-electron chi connectivity index (χ3n) is 5.04. The van der Waals surface area contributed by atoms with Gasteiger partial charge in [-0.15, -0.1) is 0 Å². The Balaban J connectivity index is 1.75. The lowest BCUT2D eigenvalue weighted by molar-refractivity contribution is -0.133. The maximum absolute atomic E-state index is 13.5. The van der Waals surface area contributed by atoms with Crippen LogP contribution < -0.4 is 5.32 Å². The molecule has 32 heavy (non-hydrogen) atoms. The molecule has 0 aliphatic heterocycles. The van der Waals surface area contributed by atoms with E-state index >= 15 is 0 Å². The number of aryl methyl sites for hydroxylation is 1. The highest BCUT2D eigenvalue weighted by molar-refractivity contribution is 5.92. The van der Waals surface area contributed by atoms with Crippen LogP contribution in [0.25, 0.3) is 0 Å². The molecule has 3 aromatic rings. The smallest absolute Gasteiger partial charge is 0.322 e. The molecule has 0 spiro atoms. The average molecular weight is 444 g/mol. The van der Waals surface area contributed by atoms with Crippen molar-refractivity contribution in [2.45, 2.75) is 33.0 Å². The summed E-state index contributed by atoms with van der Waals surface area (Å²) >= 11 is 0. The summed E-state index contributed by atoms with van der Waals surface area (Å²) in [5, 5.41) is 2.52. The molecule has 2 aromatic heterocycles. The molecule has 0 aliphatic carbocycles. The van der Waals surface area contributed by atoms with Crippen molar-refractivity contribution in [3.8, 4) is 0 Å². The normalized spacial score (nSPS) is 10.9. The van der Waals surface area contributed by atoms with Crippen molar-refractivity contribution in [3.05, 3.63) is 78.0 Å². The maximum Gasteiger partial charge on any atom is 0.322 e. The number of anilines is 1. The van der Waals surface area contributed by atoms with Gasteiger partial charge < -0.3 is 24.1 Å². The zero-order valence-corrected chi connectivity index (χ0v) is 18.2. The minimum atomic E-state index is -1.07. The summed E-state index contributed by atoms with van der Waals surface area (Å²) < 4.78 is 34.0. The number of rotatable bonds is 8. The Morgan fingerprint density at radius 2 is 1.88 bits per heavy atom. The lowest BCUT2D eigenvalue weighted by atomic mass is 10.2. The number of halogens is 2. The average Bonchev–Trinajstić information content (AvgIpc) is 3.40. The zero-order valence-electron chi connectivity index (χ0n) is 18.2. The van der Waals surface area contributed by atoms with E-state index in [1.54, 1.807) is 30.9 Å². The van der Waals surface area contributed by atoms with E-state index in [1.165, 1.54) is 17.2 Å². The van der Waals surface area contributed by atoms with Crippen LogP contribution in [0.4, 0.5) is 19.3 Å². The second-order valence-electron chi connectivity index (χ2n) is 7.72. The van der Waals surface area contributed by atoms with E-state index in [0.29, 0.717) is 12.3 Å². The van der Waals surface area contributed by atoms with Gasteiger partial charge in [-0.2, -0.15) is 0 Å². The second-order valence-corrected chi connectivity index (χ2v) is 7.72. The van der Waals surface area contributed by atoms with Crippen LogP contribution in [0.2, 0.25) is 0 Å². The zero-order chi connectivity index (χ0) is 23.3. The van der Waals surface area contributed by atoms with E-state index in [2.05, 4.69) is 5.32 Å². The van der Waals surface area contributed by atoms with Crippen LogP contribution in [0.3, 0.4) is 0 Å². The molecule has 1 N–H and O–H groups in total. The van der Waals surface area contributed by atoms with E-state index in [0.717, 1.165) is 17.8 Å². The molecule has 0 unspecified atom stereocenters. The van der Waals surface area contributed by atoms with E-state index in [4.69, 9.17) is 4.42 Å². The van der Waals surface area contributed by atoms with E-state index in [9.17, 15) is 18.4 Å². The number of hydrogen-bond donors (Lipinski definition) is 1. The van der Waals surface area contributed by atoms with Gasteiger partial charge in [-0.25, -0.2) is 13.6 Å². The minimum absolute atomic E-state index is 0.100. The summed E-state index contributed by atoms with van der Waals surface area (Å²) in [6.07, 6.45) is 3.43. The number of amides is 3. The van der Waals surface area contributed by atoms with Crippen LogP contribution >= 0.6 is 0 Å². The third-order valence-corrected chi connectivity index (χ3v) is 5.04. The number of carbonyl (C=O) groups excluding carboxylic acids is 2. The van der Waals surface area contributed by atoms with Crippen LogP contribution in [-0.2, 0) is 24.9 Å². The Morgan fingerprint density at radius 1 is 1.09 bits per heavy atom. The fourth-order valence-corrected chi connectivity index (χ4v) is 3.18. The highest BCUT2D eigenvalue weighted by atomic mass is 19.2. The van der Waals surface area contributed by atoms with Crippen LogP contribution in [0.5, 0.6) is 0 Å². The van der Waals surface area contributed by atoms with E-state index in [-0.39, 0.29) is 30.7 Å². The fraction of sp³-hybridized carbons (Fsp3) is 0.304. The van der Waals surface area contributed by atoms with Gasteiger partial charge in [0.25, 0.3) is 0 Å². The Labute approximate surface area is 185 Å². The van der Waals surface area contributed by atoms with Crippen molar-refractivity contribution >= 4 is 17.6 Å². The van der Waals surface area contributed by atoms with Gasteiger partial charge in [-0.05, 0) is 50.2 Å². The van der Waals surface area contributed by atoms with Gasteiger partial charge in [-0.1, -0.05) is 0 Å². The van der Waals surface area contributed by atoms with Crippen molar-refractivity contribution in [2.75, 3.05) is 11.9 Å². The summed E-state index contributed by atoms with van der Waals surface area (Å²) in [5.41, 5.74) is 1.02. The van der Waals surface area contributed by atoms with Crippen molar-refractivity contribution in [1.82, 2.24) is 14.4 Å². The van der Waals surface area contributed by atoms with Crippen molar-refractivity contribution < 1.29 is 22.8 Å². The predicted molar refractivity (Wildman–Crippen MR) is 116 cm³/mol. The van der Waals surface area contributed by atoms with Gasteiger partial charge in [0.15, 0.2) is 11.6 Å². The largest absolute Gasteiger partial charge is 0.467 e. The number of carbonyl (C=O) groups is 2. The summed E-state index contributed by atoms with van der Waals surface area (Å²) in [7, 11) is 1.89. The highest BCUT2D eigenvalue weighted by Gasteiger charge is 2.25. The third kappa shape index (κ3) is 5.75. The van der Waals surface area contributed by atoms with Gasteiger partial charge >= 0.3 is 6.03 Å². The Kier molecular flexibility index (Phi) is 7.29. The number of nitrogens with one attached hydrogen (secondary N) is 1. The van der Waals surface area contributed by atoms with E-state index < -0.39 is 17.7 Å². The second kappa shape index (κ2) is 10.1. The highest BCUT2D eigenvalue weighted by Crippen LogP contribution is 2.16. The van der Waals surface area contributed by atoms with Crippen LogP contribution in [0.1, 0.15) is 25.3 Å². The molecule has 7 nitrogen and oxygen atoms in total. The molecule has 2 heterocycles. The predicted octanol–water partition coefficient (Wildman–Crippen LogP) is 4.37. The SMILES string of the molecule is CC(C)N(CC(=O)N(Cc1ccco1)Cc1cccn1C)C(=O)Nc1ccc(F)c(F)c1. The molecular weight excluding hydrogens is 418 g/mol.